The number of likely N-dealkylation sites (tertiary alicyclic amines) is 1. The van der Waals surface area contributed by atoms with Crippen molar-refractivity contribution in [3.63, 3.8) is 0 Å². The minimum Gasteiger partial charge on any atom is -0.336 e. The van der Waals surface area contributed by atoms with Crippen molar-refractivity contribution in [2.45, 2.75) is 45.2 Å². The van der Waals surface area contributed by atoms with Crippen LogP contribution in [-0.4, -0.2) is 22.9 Å². The van der Waals surface area contributed by atoms with Crippen LogP contribution in [0.1, 0.15) is 43.9 Å². The lowest BCUT2D eigenvalue weighted by Crippen LogP contribution is -2.46. The number of carbonyl (C=O) groups is 1. The molecule has 0 saturated carbocycles. The number of rotatable bonds is 2. The van der Waals surface area contributed by atoms with E-state index in [1.54, 1.807) is 0 Å². The molecule has 1 unspecified atom stereocenters. The zero-order valence-corrected chi connectivity index (χ0v) is 11.4. The van der Waals surface area contributed by atoms with Crippen LogP contribution in [0.25, 0.3) is 0 Å². The van der Waals surface area contributed by atoms with Gasteiger partial charge in [-0.15, -0.1) is 0 Å². The summed E-state index contributed by atoms with van der Waals surface area (Å²) in [5.74, 6) is 0.0429. The molecule has 0 spiro atoms. The monoisotopic (exact) mass is 246 g/mol. The van der Waals surface area contributed by atoms with Crippen LogP contribution in [0.15, 0.2) is 24.3 Å². The molecule has 98 valence electrons. The van der Waals surface area contributed by atoms with E-state index in [4.69, 9.17) is 5.73 Å². The molecule has 2 N–H and O–H groups in total. The molecule has 0 bridgehead atoms. The van der Waals surface area contributed by atoms with Crippen molar-refractivity contribution < 1.29 is 4.79 Å². The molecule has 1 aliphatic rings. The van der Waals surface area contributed by atoms with Crippen molar-refractivity contribution in [3.05, 3.63) is 35.4 Å². The first-order valence-corrected chi connectivity index (χ1v) is 6.55. The molecule has 1 aromatic rings. The molecule has 1 saturated heterocycles. The largest absolute Gasteiger partial charge is 0.336 e. The van der Waals surface area contributed by atoms with Crippen LogP contribution >= 0.6 is 0 Å². The molecule has 1 amide bonds. The normalized spacial score (nSPS) is 19.9. The molecule has 1 aliphatic heterocycles. The molecule has 0 aliphatic carbocycles. The van der Waals surface area contributed by atoms with Gasteiger partial charge in [0.15, 0.2) is 0 Å². The SMILES string of the molecule is Cc1ccc(C(N)C(=O)N2CCCC2(C)C)cc1. The first-order valence-electron chi connectivity index (χ1n) is 6.55. The van der Waals surface area contributed by atoms with E-state index in [1.807, 2.05) is 36.1 Å². The van der Waals surface area contributed by atoms with Crippen LogP contribution < -0.4 is 5.73 Å². The highest BCUT2D eigenvalue weighted by atomic mass is 16.2. The number of carbonyl (C=O) groups excluding carboxylic acids is 1. The maximum Gasteiger partial charge on any atom is 0.244 e. The predicted octanol–water partition coefficient (Wildman–Crippen LogP) is 2.40. The quantitative estimate of drug-likeness (QED) is 0.871. The summed E-state index contributed by atoms with van der Waals surface area (Å²) in [6.45, 7) is 7.08. The zero-order valence-electron chi connectivity index (χ0n) is 11.4. The van der Waals surface area contributed by atoms with E-state index >= 15 is 0 Å². The van der Waals surface area contributed by atoms with E-state index in [-0.39, 0.29) is 11.4 Å². The van der Waals surface area contributed by atoms with Crippen molar-refractivity contribution in [1.29, 1.82) is 0 Å². The molecule has 1 aromatic carbocycles. The number of benzene rings is 1. The summed E-state index contributed by atoms with van der Waals surface area (Å²) in [7, 11) is 0. The molecule has 0 radical (unpaired) electrons. The maximum absolute atomic E-state index is 12.4. The Kier molecular flexibility index (Phi) is 3.44. The first-order chi connectivity index (χ1) is 8.42. The molecular formula is C15H22N2O. The molecule has 3 heteroatoms. The van der Waals surface area contributed by atoms with Crippen molar-refractivity contribution in [3.8, 4) is 0 Å². The van der Waals surface area contributed by atoms with E-state index in [0.29, 0.717) is 0 Å². The summed E-state index contributed by atoms with van der Waals surface area (Å²) in [5.41, 5.74) is 8.12. The summed E-state index contributed by atoms with van der Waals surface area (Å²) in [4.78, 5) is 14.4. The summed E-state index contributed by atoms with van der Waals surface area (Å²) in [5, 5.41) is 0. The van der Waals surface area contributed by atoms with Crippen molar-refractivity contribution >= 4 is 5.91 Å². The number of aryl methyl sites for hydroxylation is 1. The van der Waals surface area contributed by atoms with Gasteiger partial charge in [0.1, 0.15) is 6.04 Å². The van der Waals surface area contributed by atoms with Crippen LogP contribution in [0.2, 0.25) is 0 Å². The average Bonchev–Trinajstić information content (AvgIpc) is 2.68. The minimum atomic E-state index is -0.539. The third kappa shape index (κ3) is 2.41. The number of hydrogen-bond acceptors (Lipinski definition) is 2. The van der Waals surface area contributed by atoms with Gasteiger partial charge in [-0.3, -0.25) is 4.79 Å². The van der Waals surface area contributed by atoms with Crippen LogP contribution in [0.5, 0.6) is 0 Å². The van der Waals surface area contributed by atoms with E-state index < -0.39 is 6.04 Å². The zero-order chi connectivity index (χ0) is 13.3. The lowest BCUT2D eigenvalue weighted by Gasteiger charge is -2.33. The second kappa shape index (κ2) is 4.73. The lowest BCUT2D eigenvalue weighted by atomic mass is 9.99. The Bertz CT molecular complexity index is 436. The van der Waals surface area contributed by atoms with Gasteiger partial charge in [0, 0.05) is 12.1 Å². The Morgan fingerprint density at radius 1 is 1.33 bits per heavy atom. The summed E-state index contributed by atoms with van der Waals surface area (Å²) >= 11 is 0. The van der Waals surface area contributed by atoms with Gasteiger partial charge in [-0.2, -0.15) is 0 Å². The highest BCUT2D eigenvalue weighted by molar-refractivity contribution is 5.84. The van der Waals surface area contributed by atoms with Gasteiger partial charge in [-0.25, -0.2) is 0 Å². The number of nitrogens with two attached hydrogens (primary N) is 1. The van der Waals surface area contributed by atoms with Crippen LogP contribution in [0, 0.1) is 6.92 Å². The summed E-state index contributed by atoms with van der Waals surface area (Å²) in [6, 6.07) is 7.35. The molecule has 1 heterocycles. The van der Waals surface area contributed by atoms with Gasteiger partial charge < -0.3 is 10.6 Å². The van der Waals surface area contributed by atoms with E-state index in [2.05, 4.69) is 13.8 Å². The van der Waals surface area contributed by atoms with Gasteiger partial charge in [0.05, 0.1) is 0 Å². The summed E-state index contributed by atoms with van der Waals surface area (Å²) in [6.07, 6.45) is 2.12. The molecule has 1 atom stereocenters. The van der Waals surface area contributed by atoms with Gasteiger partial charge in [0.25, 0.3) is 0 Å². The second-order valence-electron chi connectivity index (χ2n) is 5.79. The van der Waals surface area contributed by atoms with Crippen molar-refractivity contribution in [2.75, 3.05) is 6.54 Å². The first kappa shape index (κ1) is 13.1. The van der Waals surface area contributed by atoms with Crippen molar-refractivity contribution in [2.24, 2.45) is 5.73 Å². The second-order valence-corrected chi connectivity index (χ2v) is 5.79. The molecule has 18 heavy (non-hydrogen) atoms. The fraction of sp³-hybridized carbons (Fsp3) is 0.533. The molecule has 3 nitrogen and oxygen atoms in total. The lowest BCUT2D eigenvalue weighted by molar-refractivity contribution is -0.135. The van der Waals surface area contributed by atoms with Crippen molar-refractivity contribution in [1.82, 2.24) is 4.90 Å². The third-order valence-corrected chi connectivity index (χ3v) is 3.87. The Hall–Kier alpha value is -1.35. The molecular weight excluding hydrogens is 224 g/mol. The van der Waals surface area contributed by atoms with E-state index in [1.165, 1.54) is 5.56 Å². The highest BCUT2D eigenvalue weighted by Crippen LogP contribution is 2.30. The summed E-state index contributed by atoms with van der Waals surface area (Å²) < 4.78 is 0. The maximum atomic E-state index is 12.4. The standard InChI is InChI=1S/C15H22N2O/c1-11-5-7-12(8-6-11)13(16)14(18)17-10-4-9-15(17,2)3/h5-8,13H,4,9-10,16H2,1-3H3. The topological polar surface area (TPSA) is 46.3 Å². The Labute approximate surface area is 109 Å². The smallest absolute Gasteiger partial charge is 0.244 e. The van der Waals surface area contributed by atoms with E-state index in [0.717, 1.165) is 24.9 Å². The van der Waals surface area contributed by atoms with Gasteiger partial charge in [-0.05, 0) is 39.2 Å². The Balaban J connectivity index is 2.16. The van der Waals surface area contributed by atoms with Gasteiger partial charge >= 0.3 is 0 Å². The molecule has 1 fully saturated rings. The van der Waals surface area contributed by atoms with Crippen LogP contribution in [0.3, 0.4) is 0 Å². The van der Waals surface area contributed by atoms with Crippen LogP contribution in [-0.2, 0) is 4.79 Å². The Morgan fingerprint density at radius 3 is 2.44 bits per heavy atom. The van der Waals surface area contributed by atoms with E-state index in [9.17, 15) is 4.79 Å². The fourth-order valence-corrected chi connectivity index (χ4v) is 2.60. The number of hydrogen-bond donors (Lipinski definition) is 1. The van der Waals surface area contributed by atoms with Gasteiger partial charge in [-0.1, -0.05) is 29.8 Å². The average molecular weight is 246 g/mol. The number of nitrogens with zero attached hydrogens (tertiary/aromatic N) is 1. The Morgan fingerprint density at radius 2 is 1.94 bits per heavy atom. The molecule has 0 aromatic heterocycles. The minimum absolute atomic E-state index is 0.0429. The predicted molar refractivity (Wildman–Crippen MR) is 73.1 cm³/mol. The highest BCUT2D eigenvalue weighted by Gasteiger charge is 2.37. The van der Waals surface area contributed by atoms with Gasteiger partial charge in [0.2, 0.25) is 5.91 Å². The number of amides is 1. The fourth-order valence-electron chi connectivity index (χ4n) is 2.60. The third-order valence-electron chi connectivity index (χ3n) is 3.87. The van der Waals surface area contributed by atoms with Crippen LogP contribution in [0.4, 0.5) is 0 Å². The molecule has 2 rings (SSSR count).